The fourth-order valence-electron chi connectivity index (χ4n) is 0.242. The van der Waals surface area contributed by atoms with Crippen LogP contribution < -0.4 is 0 Å². The van der Waals surface area contributed by atoms with Crippen LogP contribution in [0.2, 0.25) is 0 Å². The summed E-state index contributed by atoms with van der Waals surface area (Å²) in [7, 11) is 1.54. The Kier molecular flexibility index (Phi) is 3.08. The first-order valence-corrected chi connectivity index (χ1v) is 2.43. The number of halogens is 1. The fraction of sp³-hybridized carbons (Fsp3) is 0.500. The van der Waals surface area contributed by atoms with Crippen LogP contribution in [0.4, 0.5) is 4.39 Å². The van der Waals surface area contributed by atoms with E-state index >= 15 is 0 Å². The van der Waals surface area contributed by atoms with E-state index in [2.05, 4.69) is 4.99 Å². The van der Waals surface area contributed by atoms with Crippen LogP contribution in [0.15, 0.2) is 16.4 Å². The molecule has 0 aromatic rings. The molecule has 2 heteroatoms. The summed E-state index contributed by atoms with van der Waals surface area (Å²) in [4.78, 5) is 3.50. The Morgan fingerprint density at radius 3 is 2.12 bits per heavy atom. The smallest absolute Gasteiger partial charge is 0.139 e. The average molecular weight is 115 g/mol. The minimum absolute atomic E-state index is 0.243. The van der Waals surface area contributed by atoms with E-state index in [0.717, 1.165) is 0 Å². The third-order valence-corrected chi connectivity index (χ3v) is 0.720. The zero-order valence-electron chi connectivity index (χ0n) is 5.40. The van der Waals surface area contributed by atoms with Gasteiger partial charge in [-0.05, 0) is 19.4 Å². The van der Waals surface area contributed by atoms with Crippen molar-refractivity contribution >= 4 is 6.21 Å². The number of hydrogen-bond donors (Lipinski definition) is 0. The van der Waals surface area contributed by atoms with Crippen molar-refractivity contribution in [3.63, 3.8) is 0 Å². The predicted molar refractivity (Wildman–Crippen MR) is 33.9 cm³/mol. The van der Waals surface area contributed by atoms with Crippen LogP contribution in [0.1, 0.15) is 13.8 Å². The standard InChI is InChI=1S/C6H10FN/c1-5(2)6(7)4-8-3/h4H,1-3H3. The number of nitrogens with zero attached hydrogens (tertiary/aromatic N) is 1. The zero-order chi connectivity index (χ0) is 6.57. The summed E-state index contributed by atoms with van der Waals surface area (Å²) in [6, 6.07) is 0. The van der Waals surface area contributed by atoms with Gasteiger partial charge in [0, 0.05) is 7.05 Å². The topological polar surface area (TPSA) is 12.4 Å². The van der Waals surface area contributed by atoms with E-state index < -0.39 is 0 Å². The van der Waals surface area contributed by atoms with Gasteiger partial charge in [-0.3, -0.25) is 4.99 Å². The summed E-state index contributed by atoms with van der Waals surface area (Å²) in [5.41, 5.74) is 0.663. The summed E-state index contributed by atoms with van der Waals surface area (Å²) in [6.07, 6.45) is 1.20. The Labute approximate surface area is 48.9 Å². The summed E-state index contributed by atoms with van der Waals surface area (Å²) in [6.45, 7) is 3.41. The van der Waals surface area contributed by atoms with Gasteiger partial charge in [-0.15, -0.1) is 0 Å². The van der Waals surface area contributed by atoms with Gasteiger partial charge in [-0.1, -0.05) is 0 Å². The van der Waals surface area contributed by atoms with Crippen molar-refractivity contribution in [2.45, 2.75) is 13.8 Å². The maximum absolute atomic E-state index is 12.3. The predicted octanol–water partition coefficient (Wildman–Crippen LogP) is 1.95. The van der Waals surface area contributed by atoms with Crippen molar-refractivity contribution in [1.29, 1.82) is 0 Å². The molecule has 0 aliphatic carbocycles. The molecule has 0 saturated carbocycles. The third kappa shape index (κ3) is 2.50. The highest BCUT2D eigenvalue weighted by Gasteiger charge is 1.87. The lowest BCUT2D eigenvalue weighted by atomic mass is 10.3. The molecule has 46 valence electrons. The highest BCUT2D eigenvalue weighted by atomic mass is 19.1. The van der Waals surface area contributed by atoms with Crippen molar-refractivity contribution in [3.8, 4) is 0 Å². The van der Waals surface area contributed by atoms with Crippen molar-refractivity contribution in [2.24, 2.45) is 4.99 Å². The Hall–Kier alpha value is -0.660. The van der Waals surface area contributed by atoms with Gasteiger partial charge >= 0.3 is 0 Å². The monoisotopic (exact) mass is 115 g/mol. The first-order valence-electron chi connectivity index (χ1n) is 2.43. The lowest BCUT2D eigenvalue weighted by Crippen LogP contribution is -1.77. The van der Waals surface area contributed by atoms with Crippen LogP contribution in [0.25, 0.3) is 0 Å². The van der Waals surface area contributed by atoms with E-state index in [-0.39, 0.29) is 5.83 Å². The van der Waals surface area contributed by atoms with Crippen molar-refractivity contribution < 1.29 is 4.39 Å². The highest BCUT2D eigenvalue weighted by Crippen LogP contribution is 1.99. The molecule has 0 bridgehead atoms. The first-order chi connectivity index (χ1) is 3.68. The van der Waals surface area contributed by atoms with Gasteiger partial charge in [-0.2, -0.15) is 0 Å². The van der Waals surface area contributed by atoms with Gasteiger partial charge in [0.1, 0.15) is 5.83 Å². The molecule has 0 amide bonds. The first kappa shape index (κ1) is 7.34. The van der Waals surface area contributed by atoms with Crippen LogP contribution in [0.5, 0.6) is 0 Å². The molecule has 0 saturated heterocycles. The van der Waals surface area contributed by atoms with E-state index in [1.807, 2.05) is 0 Å². The molecule has 0 aliphatic heterocycles. The molecule has 0 aromatic heterocycles. The number of allylic oxidation sites excluding steroid dienone is 2. The van der Waals surface area contributed by atoms with Crippen LogP contribution in [0, 0.1) is 0 Å². The normalized spacial score (nSPS) is 10.0. The molecule has 0 fully saturated rings. The van der Waals surface area contributed by atoms with Crippen LogP contribution in [-0.2, 0) is 0 Å². The maximum atomic E-state index is 12.3. The Bertz CT molecular complexity index is 120. The summed E-state index contributed by atoms with van der Waals surface area (Å²) >= 11 is 0. The van der Waals surface area contributed by atoms with E-state index in [1.165, 1.54) is 6.21 Å². The quantitative estimate of drug-likeness (QED) is 0.463. The van der Waals surface area contributed by atoms with Crippen molar-refractivity contribution in [1.82, 2.24) is 0 Å². The fourth-order valence-corrected chi connectivity index (χ4v) is 0.242. The molecule has 0 rings (SSSR count). The Morgan fingerprint density at radius 2 is 2.00 bits per heavy atom. The second-order valence-electron chi connectivity index (χ2n) is 1.74. The summed E-state index contributed by atoms with van der Waals surface area (Å²) in [5, 5.41) is 0. The maximum Gasteiger partial charge on any atom is 0.139 e. The van der Waals surface area contributed by atoms with E-state index in [1.54, 1.807) is 20.9 Å². The summed E-state index contributed by atoms with van der Waals surface area (Å²) < 4.78 is 12.3. The molecular formula is C6H10FN. The van der Waals surface area contributed by atoms with Crippen LogP contribution in [0.3, 0.4) is 0 Å². The van der Waals surface area contributed by atoms with Gasteiger partial charge in [0.05, 0.1) is 6.21 Å². The van der Waals surface area contributed by atoms with E-state index in [4.69, 9.17) is 0 Å². The number of rotatable bonds is 1. The molecule has 0 aromatic carbocycles. The molecule has 0 aliphatic rings. The van der Waals surface area contributed by atoms with Gasteiger partial charge in [0.25, 0.3) is 0 Å². The molecule has 1 nitrogen and oxygen atoms in total. The highest BCUT2D eigenvalue weighted by molar-refractivity contribution is 5.76. The SMILES string of the molecule is CN=CC(F)=C(C)C. The lowest BCUT2D eigenvalue weighted by Gasteiger charge is -1.86. The molecule has 0 heterocycles. The molecule has 0 spiro atoms. The van der Waals surface area contributed by atoms with E-state index in [9.17, 15) is 4.39 Å². The Balaban J connectivity index is 4.00. The molecular weight excluding hydrogens is 105 g/mol. The zero-order valence-corrected chi connectivity index (χ0v) is 5.40. The van der Waals surface area contributed by atoms with Crippen molar-refractivity contribution in [3.05, 3.63) is 11.4 Å². The van der Waals surface area contributed by atoms with Crippen molar-refractivity contribution in [2.75, 3.05) is 7.05 Å². The number of aliphatic imine (C=N–C) groups is 1. The molecule has 0 N–H and O–H groups in total. The largest absolute Gasteiger partial charge is 0.293 e. The Morgan fingerprint density at radius 1 is 1.50 bits per heavy atom. The molecule has 0 radical (unpaired) electrons. The second kappa shape index (κ2) is 3.36. The van der Waals surface area contributed by atoms with Crippen LogP contribution >= 0.6 is 0 Å². The van der Waals surface area contributed by atoms with Gasteiger partial charge in [0.2, 0.25) is 0 Å². The van der Waals surface area contributed by atoms with Gasteiger partial charge < -0.3 is 0 Å². The second-order valence-corrected chi connectivity index (χ2v) is 1.74. The minimum Gasteiger partial charge on any atom is -0.293 e. The van der Waals surface area contributed by atoms with Gasteiger partial charge in [0.15, 0.2) is 0 Å². The van der Waals surface area contributed by atoms with Crippen LogP contribution in [-0.4, -0.2) is 13.3 Å². The molecule has 0 atom stereocenters. The average Bonchev–Trinajstić information content (AvgIpc) is 1.67. The van der Waals surface area contributed by atoms with Gasteiger partial charge in [-0.25, -0.2) is 4.39 Å². The lowest BCUT2D eigenvalue weighted by molar-refractivity contribution is 0.673. The third-order valence-electron chi connectivity index (χ3n) is 0.720. The minimum atomic E-state index is -0.243. The summed E-state index contributed by atoms with van der Waals surface area (Å²) in [5.74, 6) is -0.243. The molecule has 0 unspecified atom stereocenters. The molecule has 8 heavy (non-hydrogen) atoms. The van der Waals surface area contributed by atoms with E-state index in [0.29, 0.717) is 5.57 Å². The number of hydrogen-bond acceptors (Lipinski definition) is 1.